The van der Waals surface area contributed by atoms with Crippen LogP contribution in [-0.2, 0) is 17.8 Å². The lowest BCUT2D eigenvalue weighted by Gasteiger charge is -2.36. The van der Waals surface area contributed by atoms with Crippen molar-refractivity contribution < 1.29 is 13.9 Å². The summed E-state index contributed by atoms with van der Waals surface area (Å²) in [4.78, 5) is 29.4. The number of carbonyl (C=O) groups is 1. The van der Waals surface area contributed by atoms with Crippen LogP contribution in [0.2, 0.25) is 0 Å². The molecule has 0 radical (unpaired) electrons. The zero-order chi connectivity index (χ0) is 22.9. The Balaban J connectivity index is 1.45. The van der Waals surface area contributed by atoms with E-state index in [0.717, 1.165) is 22.2 Å². The van der Waals surface area contributed by atoms with Gasteiger partial charge in [-0.25, -0.2) is 19.3 Å². The number of benzene rings is 1. The van der Waals surface area contributed by atoms with E-state index in [4.69, 9.17) is 10.5 Å². The van der Waals surface area contributed by atoms with Crippen LogP contribution >= 0.6 is 0 Å². The summed E-state index contributed by atoms with van der Waals surface area (Å²) in [6.07, 6.45) is 8.15. The number of aromatic nitrogens is 4. The summed E-state index contributed by atoms with van der Waals surface area (Å²) in [6, 6.07) is 5.12. The SMILES string of the molecule is Cc1c[nH]c2nccc(Oc3ccc(C(C(N)C=O)N4CCc5ncncc5C4)cc3F)c12. The van der Waals surface area contributed by atoms with Gasteiger partial charge in [0.05, 0.1) is 17.5 Å². The number of aromatic amines is 1. The molecule has 4 aromatic rings. The maximum atomic E-state index is 15.2. The molecule has 0 amide bonds. The average molecular weight is 446 g/mol. The van der Waals surface area contributed by atoms with Crippen molar-refractivity contribution in [3.8, 4) is 11.5 Å². The first-order chi connectivity index (χ1) is 16.0. The van der Waals surface area contributed by atoms with E-state index in [0.29, 0.717) is 42.8 Å². The van der Waals surface area contributed by atoms with Crippen molar-refractivity contribution >= 4 is 17.3 Å². The first-order valence-corrected chi connectivity index (χ1v) is 10.7. The zero-order valence-corrected chi connectivity index (χ0v) is 18.0. The number of hydrogen-bond donors (Lipinski definition) is 2. The molecule has 0 spiro atoms. The normalized spacial score (nSPS) is 15.7. The molecule has 9 heteroatoms. The summed E-state index contributed by atoms with van der Waals surface area (Å²) in [7, 11) is 0. The second-order valence-corrected chi connectivity index (χ2v) is 8.17. The number of fused-ring (bicyclic) bond motifs is 2. The second kappa shape index (κ2) is 8.68. The number of H-pyrrole nitrogens is 1. The van der Waals surface area contributed by atoms with Gasteiger partial charge in [-0.3, -0.25) is 4.90 Å². The minimum atomic E-state index is -0.815. The van der Waals surface area contributed by atoms with Crippen molar-refractivity contribution in [3.05, 3.63) is 77.4 Å². The fourth-order valence-electron chi connectivity index (χ4n) is 4.45. The van der Waals surface area contributed by atoms with Gasteiger partial charge in [-0.05, 0) is 36.2 Å². The molecule has 33 heavy (non-hydrogen) atoms. The van der Waals surface area contributed by atoms with Gasteiger partial charge in [-0.2, -0.15) is 0 Å². The van der Waals surface area contributed by atoms with Gasteiger partial charge in [0, 0.05) is 49.4 Å². The van der Waals surface area contributed by atoms with Crippen LogP contribution < -0.4 is 10.5 Å². The molecule has 4 heterocycles. The first-order valence-electron chi connectivity index (χ1n) is 10.7. The summed E-state index contributed by atoms with van der Waals surface area (Å²) >= 11 is 0. The summed E-state index contributed by atoms with van der Waals surface area (Å²) < 4.78 is 21.1. The molecule has 2 unspecified atom stereocenters. The monoisotopic (exact) mass is 446 g/mol. The highest BCUT2D eigenvalue weighted by atomic mass is 19.1. The number of ether oxygens (including phenoxy) is 1. The smallest absolute Gasteiger partial charge is 0.166 e. The van der Waals surface area contributed by atoms with E-state index in [1.165, 1.54) is 12.4 Å². The standard InChI is InChI=1S/C24H23FN6O2/c1-14-9-29-24-22(14)21(4-6-28-24)33-20-3-2-15(8-17(20)25)23(18(26)12-32)31-7-5-19-16(11-31)10-27-13-30-19/h2-4,6,8-10,12-13,18,23H,5,7,11,26H2,1H3,(H,28,29). The Bertz CT molecular complexity index is 1320. The number of nitrogens with two attached hydrogens (primary N) is 1. The van der Waals surface area contributed by atoms with Crippen LogP contribution in [0.25, 0.3) is 11.0 Å². The second-order valence-electron chi connectivity index (χ2n) is 8.17. The maximum absolute atomic E-state index is 15.2. The summed E-state index contributed by atoms with van der Waals surface area (Å²) in [5.74, 6) is 0.0661. The third-order valence-electron chi connectivity index (χ3n) is 6.06. The number of halogens is 1. The lowest BCUT2D eigenvalue weighted by Crippen LogP contribution is -2.44. The number of carbonyl (C=O) groups excluding carboxylic acids is 1. The molecule has 8 nitrogen and oxygen atoms in total. The van der Waals surface area contributed by atoms with Crippen molar-refractivity contribution in [3.63, 3.8) is 0 Å². The molecule has 1 aliphatic heterocycles. The summed E-state index contributed by atoms with van der Waals surface area (Å²) in [5.41, 5.74) is 10.4. The van der Waals surface area contributed by atoms with Gasteiger partial charge in [0.15, 0.2) is 11.6 Å². The van der Waals surface area contributed by atoms with E-state index in [1.54, 1.807) is 30.6 Å². The highest BCUT2D eigenvalue weighted by Gasteiger charge is 2.30. The topological polar surface area (TPSA) is 110 Å². The summed E-state index contributed by atoms with van der Waals surface area (Å²) in [6.45, 7) is 3.11. The Hall–Kier alpha value is -3.69. The van der Waals surface area contributed by atoms with Crippen LogP contribution in [0.4, 0.5) is 4.39 Å². The molecule has 1 aromatic carbocycles. The molecule has 5 rings (SSSR count). The van der Waals surface area contributed by atoms with Crippen LogP contribution in [0.3, 0.4) is 0 Å². The molecule has 0 fully saturated rings. The molecule has 168 valence electrons. The third kappa shape index (κ3) is 3.96. The predicted octanol–water partition coefficient (Wildman–Crippen LogP) is 3.22. The fourth-order valence-corrected chi connectivity index (χ4v) is 4.45. The molecule has 3 aromatic heterocycles. The van der Waals surface area contributed by atoms with Gasteiger partial charge in [0.2, 0.25) is 0 Å². The minimum absolute atomic E-state index is 0.0858. The Morgan fingerprint density at radius 1 is 1.27 bits per heavy atom. The molecular formula is C24H23FN6O2. The largest absolute Gasteiger partial charge is 0.453 e. The minimum Gasteiger partial charge on any atom is -0.453 e. The number of aldehydes is 1. The Kier molecular flexibility index (Phi) is 5.57. The molecule has 1 aliphatic rings. The zero-order valence-electron chi connectivity index (χ0n) is 18.0. The lowest BCUT2D eigenvalue weighted by molar-refractivity contribution is -0.110. The van der Waals surface area contributed by atoms with Gasteiger partial charge < -0.3 is 20.2 Å². The Morgan fingerprint density at radius 3 is 2.97 bits per heavy atom. The van der Waals surface area contributed by atoms with Gasteiger partial charge in [-0.1, -0.05) is 6.07 Å². The molecular weight excluding hydrogens is 423 g/mol. The number of rotatable bonds is 6. The van der Waals surface area contributed by atoms with E-state index >= 15 is 4.39 Å². The van der Waals surface area contributed by atoms with Crippen molar-refractivity contribution in [2.24, 2.45) is 5.73 Å². The number of hydrogen-bond acceptors (Lipinski definition) is 7. The van der Waals surface area contributed by atoms with Crippen LogP contribution in [-0.4, -0.2) is 43.7 Å². The number of nitrogens with one attached hydrogen (secondary N) is 1. The molecule has 2 atom stereocenters. The van der Waals surface area contributed by atoms with Crippen molar-refractivity contribution in [1.29, 1.82) is 0 Å². The number of nitrogens with zero attached hydrogens (tertiary/aromatic N) is 4. The van der Waals surface area contributed by atoms with E-state index in [1.807, 2.05) is 13.1 Å². The van der Waals surface area contributed by atoms with Crippen LogP contribution in [0.5, 0.6) is 11.5 Å². The van der Waals surface area contributed by atoms with Gasteiger partial charge in [0.1, 0.15) is 24.0 Å². The van der Waals surface area contributed by atoms with Crippen molar-refractivity contribution in [2.45, 2.75) is 32.0 Å². The summed E-state index contributed by atoms with van der Waals surface area (Å²) in [5, 5.41) is 0.802. The predicted molar refractivity (Wildman–Crippen MR) is 120 cm³/mol. The number of aryl methyl sites for hydroxylation is 1. The van der Waals surface area contributed by atoms with Crippen molar-refractivity contribution in [1.82, 2.24) is 24.8 Å². The van der Waals surface area contributed by atoms with E-state index < -0.39 is 17.9 Å². The third-order valence-corrected chi connectivity index (χ3v) is 6.06. The Morgan fingerprint density at radius 2 is 2.15 bits per heavy atom. The van der Waals surface area contributed by atoms with Crippen LogP contribution in [0.1, 0.15) is 28.4 Å². The average Bonchev–Trinajstić information content (AvgIpc) is 3.22. The Labute approximate surface area is 189 Å². The molecule has 0 bridgehead atoms. The van der Waals surface area contributed by atoms with E-state index in [9.17, 15) is 4.79 Å². The molecule has 3 N–H and O–H groups in total. The van der Waals surface area contributed by atoms with Gasteiger partial charge in [-0.15, -0.1) is 0 Å². The van der Waals surface area contributed by atoms with Crippen LogP contribution in [0, 0.1) is 12.7 Å². The highest BCUT2D eigenvalue weighted by molar-refractivity contribution is 5.86. The number of pyridine rings is 1. The molecule has 0 aliphatic carbocycles. The molecule has 0 saturated carbocycles. The van der Waals surface area contributed by atoms with Crippen molar-refractivity contribution in [2.75, 3.05) is 6.54 Å². The van der Waals surface area contributed by atoms with E-state index in [-0.39, 0.29) is 5.75 Å². The van der Waals surface area contributed by atoms with E-state index in [2.05, 4.69) is 24.8 Å². The maximum Gasteiger partial charge on any atom is 0.166 e. The quantitative estimate of drug-likeness (QED) is 0.438. The van der Waals surface area contributed by atoms with Gasteiger partial charge in [0.25, 0.3) is 0 Å². The first kappa shape index (κ1) is 21.2. The van der Waals surface area contributed by atoms with Crippen LogP contribution in [0.15, 0.2) is 49.2 Å². The molecule has 0 saturated heterocycles. The lowest BCUT2D eigenvalue weighted by atomic mass is 9.95. The fraction of sp³-hybridized carbons (Fsp3) is 0.250. The highest BCUT2D eigenvalue weighted by Crippen LogP contribution is 2.35. The van der Waals surface area contributed by atoms with Gasteiger partial charge >= 0.3 is 0 Å².